The van der Waals surface area contributed by atoms with Crippen LogP contribution in [0.15, 0.2) is 16.5 Å². The van der Waals surface area contributed by atoms with E-state index in [0.29, 0.717) is 24.5 Å². The first kappa shape index (κ1) is 15.0. The molecule has 0 aliphatic heterocycles. The lowest BCUT2D eigenvalue weighted by atomic mass is 10.1. The number of halogens is 3. The van der Waals surface area contributed by atoms with Gasteiger partial charge in [0.25, 0.3) is 0 Å². The van der Waals surface area contributed by atoms with Gasteiger partial charge in [-0.15, -0.1) is 0 Å². The zero-order valence-corrected chi connectivity index (χ0v) is 10.6. The van der Waals surface area contributed by atoms with Crippen molar-refractivity contribution in [1.82, 2.24) is 4.90 Å². The van der Waals surface area contributed by atoms with Gasteiger partial charge in [-0.3, -0.25) is 4.90 Å². The van der Waals surface area contributed by atoms with Crippen LogP contribution in [0, 0.1) is 6.92 Å². The average molecular weight is 264 g/mol. The molecule has 104 valence electrons. The van der Waals surface area contributed by atoms with Crippen LogP contribution in [0.5, 0.6) is 0 Å². The molecule has 0 radical (unpaired) electrons. The van der Waals surface area contributed by atoms with E-state index in [1.807, 2.05) is 6.92 Å². The van der Waals surface area contributed by atoms with E-state index >= 15 is 0 Å². The largest absolute Gasteiger partial charge is 0.465 e. The number of hydrogen-bond donors (Lipinski definition) is 1. The molecule has 1 rings (SSSR count). The molecule has 1 atom stereocenters. The standard InChI is InChI=1S/C12H19F3N2O/c1-3-6-17(8-12(13,14)15)10(7-16)11-5-4-9(2)18-11/h4-5,10H,3,6-8,16H2,1-2H3. The molecule has 3 nitrogen and oxygen atoms in total. The van der Waals surface area contributed by atoms with Gasteiger partial charge >= 0.3 is 6.18 Å². The molecule has 1 heterocycles. The van der Waals surface area contributed by atoms with Gasteiger partial charge in [0.2, 0.25) is 0 Å². The van der Waals surface area contributed by atoms with Crippen LogP contribution < -0.4 is 5.73 Å². The molecule has 1 aromatic rings. The van der Waals surface area contributed by atoms with Gasteiger partial charge in [0, 0.05) is 6.54 Å². The molecule has 1 aromatic heterocycles. The van der Waals surface area contributed by atoms with E-state index in [2.05, 4.69) is 0 Å². The van der Waals surface area contributed by atoms with E-state index < -0.39 is 18.8 Å². The summed E-state index contributed by atoms with van der Waals surface area (Å²) in [5, 5.41) is 0. The van der Waals surface area contributed by atoms with Crippen molar-refractivity contribution in [3.05, 3.63) is 23.7 Å². The van der Waals surface area contributed by atoms with Crippen molar-refractivity contribution < 1.29 is 17.6 Å². The maximum atomic E-state index is 12.5. The predicted molar refractivity (Wildman–Crippen MR) is 63.2 cm³/mol. The summed E-state index contributed by atoms with van der Waals surface area (Å²) in [5.41, 5.74) is 5.60. The van der Waals surface area contributed by atoms with Crippen LogP contribution in [-0.2, 0) is 0 Å². The fraction of sp³-hybridized carbons (Fsp3) is 0.667. The summed E-state index contributed by atoms with van der Waals surface area (Å²) in [6.45, 7) is 3.06. The van der Waals surface area contributed by atoms with Gasteiger partial charge in [-0.1, -0.05) is 6.92 Å². The van der Waals surface area contributed by atoms with Crippen molar-refractivity contribution in [2.75, 3.05) is 19.6 Å². The molecular weight excluding hydrogens is 245 g/mol. The lowest BCUT2D eigenvalue weighted by molar-refractivity contribution is -0.151. The monoisotopic (exact) mass is 264 g/mol. The van der Waals surface area contributed by atoms with E-state index in [9.17, 15) is 13.2 Å². The van der Waals surface area contributed by atoms with Crippen LogP contribution in [0.1, 0.15) is 30.9 Å². The minimum Gasteiger partial charge on any atom is -0.465 e. The topological polar surface area (TPSA) is 42.4 Å². The fourth-order valence-electron chi connectivity index (χ4n) is 1.94. The molecule has 0 fully saturated rings. The maximum Gasteiger partial charge on any atom is 0.401 e. The molecule has 0 saturated carbocycles. The minimum atomic E-state index is -4.23. The lowest BCUT2D eigenvalue weighted by Gasteiger charge is -2.29. The summed E-state index contributed by atoms with van der Waals surface area (Å²) in [7, 11) is 0. The second-order valence-electron chi connectivity index (χ2n) is 4.29. The Morgan fingerprint density at radius 2 is 2.06 bits per heavy atom. The summed E-state index contributed by atoms with van der Waals surface area (Å²) in [5.74, 6) is 1.17. The predicted octanol–water partition coefficient (Wildman–Crippen LogP) is 2.86. The first-order chi connectivity index (χ1) is 8.37. The van der Waals surface area contributed by atoms with Crippen LogP contribution in [0.2, 0.25) is 0 Å². The molecular formula is C12H19F3N2O. The Bertz CT molecular complexity index is 362. The van der Waals surface area contributed by atoms with Gasteiger partial charge in [0.05, 0.1) is 12.6 Å². The van der Waals surface area contributed by atoms with E-state index in [1.54, 1.807) is 19.1 Å². The van der Waals surface area contributed by atoms with Crippen LogP contribution >= 0.6 is 0 Å². The van der Waals surface area contributed by atoms with Gasteiger partial charge in [0.15, 0.2) is 0 Å². The second kappa shape index (κ2) is 6.24. The maximum absolute atomic E-state index is 12.5. The third-order valence-corrected chi connectivity index (χ3v) is 2.65. The van der Waals surface area contributed by atoms with Crippen LogP contribution in [0.4, 0.5) is 13.2 Å². The zero-order valence-electron chi connectivity index (χ0n) is 10.6. The summed E-state index contributed by atoms with van der Waals surface area (Å²) in [4.78, 5) is 1.32. The van der Waals surface area contributed by atoms with Crippen molar-refractivity contribution in [2.45, 2.75) is 32.5 Å². The summed E-state index contributed by atoms with van der Waals surface area (Å²) >= 11 is 0. The number of rotatable bonds is 6. The molecule has 0 saturated heterocycles. The molecule has 0 aliphatic rings. The van der Waals surface area contributed by atoms with Crippen molar-refractivity contribution in [3.8, 4) is 0 Å². The highest BCUT2D eigenvalue weighted by molar-refractivity contribution is 5.10. The fourth-order valence-corrected chi connectivity index (χ4v) is 1.94. The summed E-state index contributed by atoms with van der Waals surface area (Å²) in [6.07, 6.45) is -3.60. The third-order valence-electron chi connectivity index (χ3n) is 2.65. The molecule has 0 amide bonds. The highest BCUT2D eigenvalue weighted by Gasteiger charge is 2.34. The lowest BCUT2D eigenvalue weighted by Crippen LogP contribution is -2.40. The van der Waals surface area contributed by atoms with E-state index in [0.717, 1.165) is 0 Å². The average Bonchev–Trinajstić information content (AvgIpc) is 2.64. The Hall–Kier alpha value is -1.01. The zero-order chi connectivity index (χ0) is 13.8. The van der Waals surface area contributed by atoms with Crippen molar-refractivity contribution in [2.24, 2.45) is 5.73 Å². The molecule has 6 heteroatoms. The Labute approximate surface area is 105 Å². The Morgan fingerprint density at radius 1 is 1.39 bits per heavy atom. The highest BCUT2D eigenvalue weighted by atomic mass is 19.4. The number of alkyl halides is 3. The SMILES string of the molecule is CCCN(CC(F)(F)F)C(CN)c1ccc(C)o1. The summed E-state index contributed by atoms with van der Waals surface area (Å²) < 4.78 is 43.0. The first-order valence-electron chi connectivity index (χ1n) is 5.94. The van der Waals surface area contributed by atoms with Gasteiger partial charge in [-0.2, -0.15) is 13.2 Å². The van der Waals surface area contributed by atoms with Gasteiger partial charge in [0.1, 0.15) is 11.5 Å². The first-order valence-corrected chi connectivity index (χ1v) is 5.94. The van der Waals surface area contributed by atoms with E-state index in [4.69, 9.17) is 10.2 Å². The molecule has 0 aromatic carbocycles. The van der Waals surface area contributed by atoms with Crippen molar-refractivity contribution >= 4 is 0 Å². The molecule has 0 aliphatic carbocycles. The molecule has 1 unspecified atom stereocenters. The Kier molecular flexibility index (Phi) is 5.22. The second-order valence-corrected chi connectivity index (χ2v) is 4.29. The van der Waals surface area contributed by atoms with Gasteiger partial charge in [-0.05, 0) is 32.0 Å². The van der Waals surface area contributed by atoms with E-state index in [1.165, 1.54) is 4.90 Å². The Balaban J connectivity index is 2.86. The molecule has 0 spiro atoms. The number of aryl methyl sites for hydroxylation is 1. The van der Waals surface area contributed by atoms with Crippen molar-refractivity contribution in [3.63, 3.8) is 0 Å². The number of furan rings is 1. The van der Waals surface area contributed by atoms with Crippen LogP contribution in [0.3, 0.4) is 0 Å². The van der Waals surface area contributed by atoms with E-state index in [-0.39, 0.29) is 6.54 Å². The normalized spacial score (nSPS) is 14.2. The quantitative estimate of drug-likeness (QED) is 0.859. The van der Waals surface area contributed by atoms with Crippen LogP contribution in [-0.4, -0.2) is 30.7 Å². The minimum absolute atomic E-state index is 0.100. The number of nitrogens with two attached hydrogens (primary N) is 1. The Morgan fingerprint density at radius 3 is 2.44 bits per heavy atom. The summed E-state index contributed by atoms with van der Waals surface area (Å²) in [6, 6.07) is 2.89. The molecule has 18 heavy (non-hydrogen) atoms. The number of hydrogen-bond acceptors (Lipinski definition) is 3. The van der Waals surface area contributed by atoms with Gasteiger partial charge < -0.3 is 10.2 Å². The van der Waals surface area contributed by atoms with Gasteiger partial charge in [-0.25, -0.2) is 0 Å². The molecule has 0 bridgehead atoms. The third kappa shape index (κ3) is 4.34. The van der Waals surface area contributed by atoms with Crippen LogP contribution in [0.25, 0.3) is 0 Å². The highest BCUT2D eigenvalue weighted by Crippen LogP contribution is 2.26. The smallest absolute Gasteiger partial charge is 0.401 e. The molecule has 2 N–H and O–H groups in total. The van der Waals surface area contributed by atoms with Crippen molar-refractivity contribution in [1.29, 1.82) is 0 Å². The number of nitrogens with zero attached hydrogens (tertiary/aromatic N) is 1.